The lowest BCUT2D eigenvalue weighted by Gasteiger charge is -2.26. The van der Waals surface area contributed by atoms with E-state index in [1.807, 2.05) is 6.07 Å². The first-order valence-electron chi connectivity index (χ1n) is 6.17. The van der Waals surface area contributed by atoms with Crippen molar-refractivity contribution in [2.75, 3.05) is 32.8 Å². The highest BCUT2D eigenvalue weighted by atomic mass is 79.9. The maximum Gasteiger partial charge on any atom is 0.171 e. The second-order valence-corrected chi connectivity index (χ2v) is 5.36. The van der Waals surface area contributed by atoms with Crippen LogP contribution in [0, 0.1) is 0 Å². The molecule has 18 heavy (non-hydrogen) atoms. The number of aromatic hydroxyl groups is 2. The quantitative estimate of drug-likeness (QED) is 0.836. The summed E-state index contributed by atoms with van der Waals surface area (Å²) in [5.41, 5.74) is 1.03. The lowest BCUT2D eigenvalue weighted by atomic mass is 10.1. The summed E-state index contributed by atoms with van der Waals surface area (Å²) in [7, 11) is 0. The second-order valence-electron chi connectivity index (χ2n) is 4.50. The highest BCUT2D eigenvalue weighted by molar-refractivity contribution is 9.10. The number of ether oxygens (including phenoxy) is 1. The molecule has 0 spiro atoms. The number of phenolic OH excluding ortho intramolecular Hbond substituents is 2. The molecule has 1 saturated heterocycles. The minimum Gasteiger partial charge on any atom is -0.504 e. The van der Waals surface area contributed by atoms with Crippen LogP contribution in [0.5, 0.6) is 11.5 Å². The van der Waals surface area contributed by atoms with Crippen LogP contribution in [0.25, 0.3) is 0 Å². The van der Waals surface area contributed by atoms with E-state index in [1.54, 1.807) is 6.07 Å². The topological polar surface area (TPSA) is 52.9 Å². The Morgan fingerprint density at radius 2 is 1.94 bits per heavy atom. The monoisotopic (exact) mass is 315 g/mol. The molecule has 0 amide bonds. The summed E-state index contributed by atoms with van der Waals surface area (Å²) in [6, 6.07) is 3.48. The van der Waals surface area contributed by atoms with Crippen LogP contribution in [0.2, 0.25) is 0 Å². The molecule has 5 heteroatoms. The fourth-order valence-electron chi connectivity index (χ4n) is 2.12. The van der Waals surface area contributed by atoms with Crippen molar-refractivity contribution in [2.24, 2.45) is 0 Å². The van der Waals surface area contributed by atoms with Crippen molar-refractivity contribution in [3.63, 3.8) is 0 Å². The summed E-state index contributed by atoms with van der Waals surface area (Å²) in [6.45, 7) is 4.70. The summed E-state index contributed by atoms with van der Waals surface area (Å²) < 4.78 is 5.85. The average Bonchev–Trinajstić information content (AvgIpc) is 2.37. The zero-order valence-electron chi connectivity index (χ0n) is 10.2. The molecule has 1 aliphatic heterocycles. The lowest BCUT2D eigenvalue weighted by Crippen LogP contribution is -2.36. The van der Waals surface area contributed by atoms with Gasteiger partial charge in [0.15, 0.2) is 11.5 Å². The second kappa shape index (κ2) is 6.41. The Bertz CT molecular complexity index is 382. The molecule has 0 aliphatic carbocycles. The number of morpholine rings is 1. The van der Waals surface area contributed by atoms with E-state index < -0.39 is 0 Å². The van der Waals surface area contributed by atoms with E-state index in [2.05, 4.69) is 20.8 Å². The number of hydrogen-bond donors (Lipinski definition) is 2. The van der Waals surface area contributed by atoms with Gasteiger partial charge in [0.2, 0.25) is 0 Å². The molecule has 0 aromatic heterocycles. The van der Waals surface area contributed by atoms with Crippen molar-refractivity contribution in [1.29, 1.82) is 0 Å². The van der Waals surface area contributed by atoms with Crippen molar-refractivity contribution >= 4 is 15.9 Å². The van der Waals surface area contributed by atoms with Crippen LogP contribution in [0.15, 0.2) is 16.6 Å². The molecule has 1 heterocycles. The van der Waals surface area contributed by atoms with Gasteiger partial charge in [-0.15, -0.1) is 0 Å². The highest BCUT2D eigenvalue weighted by Gasteiger charge is 2.10. The molecule has 0 radical (unpaired) electrons. The highest BCUT2D eigenvalue weighted by Crippen LogP contribution is 2.34. The van der Waals surface area contributed by atoms with Crippen molar-refractivity contribution in [1.82, 2.24) is 4.90 Å². The van der Waals surface area contributed by atoms with Gasteiger partial charge in [0.25, 0.3) is 0 Å². The van der Waals surface area contributed by atoms with Crippen molar-refractivity contribution < 1.29 is 14.9 Å². The molecular formula is C13H18BrNO3. The third kappa shape index (κ3) is 3.60. The normalized spacial score (nSPS) is 16.9. The molecule has 1 aliphatic rings. The Morgan fingerprint density at radius 1 is 1.22 bits per heavy atom. The molecule has 0 atom stereocenters. The van der Waals surface area contributed by atoms with Gasteiger partial charge in [-0.1, -0.05) is 0 Å². The maximum atomic E-state index is 9.52. The van der Waals surface area contributed by atoms with Gasteiger partial charge in [0, 0.05) is 13.1 Å². The largest absolute Gasteiger partial charge is 0.504 e. The van der Waals surface area contributed by atoms with Crippen LogP contribution in [0.3, 0.4) is 0 Å². The van der Waals surface area contributed by atoms with Gasteiger partial charge in [0.05, 0.1) is 17.7 Å². The summed E-state index contributed by atoms with van der Waals surface area (Å²) in [6.07, 6.45) is 1.93. The van der Waals surface area contributed by atoms with Crippen LogP contribution in [0.4, 0.5) is 0 Å². The summed E-state index contributed by atoms with van der Waals surface area (Å²) in [5.74, 6) is -0.155. The van der Waals surface area contributed by atoms with E-state index in [-0.39, 0.29) is 11.5 Å². The van der Waals surface area contributed by atoms with E-state index in [9.17, 15) is 10.2 Å². The number of nitrogens with zero attached hydrogens (tertiary/aromatic N) is 1. The molecule has 1 aromatic rings. The molecule has 0 bridgehead atoms. The average molecular weight is 316 g/mol. The van der Waals surface area contributed by atoms with Gasteiger partial charge in [0.1, 0.15) is 0 Å². The van der Waals surface area contributed by atoms with Crippen LogP contribution < -0.4 is 0 Å². The van der Waals surface area contributed by atoms with Crippen molar-refractivity contribution in [3.05, 3.63) is 22.2 Å². The third-order valence-corrected chi connectivity index (χ3v) is 3.75. The van der Waals surface area contributed by atoms with Crippen molar-refractivity contribution in [2.45, 2.75) is 12.8 Å². The zero-order valence-corrected chi connectivity index (χ0v) is 11.8. The number of phenols is 2. The number of hydrogen-bond acceptors (Lipinski definition) is 4. The first-order chi connectivity index (χ1) is 8.66. The van der Waals surface area contributed by atoms with Gasteiger partial charge in [-0.3, -0.25) is 4.90 Å². The molecule has 2 N–H and O–H groups in total. The standard InChI is InChI=1S/C13H18BrNO3/c14-11-8-10(9-12(16)13(11)17)2-1-3-15-4-6-18-7-5-15/h8-9,16-17H,1-7H2. The predicted molar refractivity (Wildman–Crippen MR) is 73.1 cm³/mol. The molecule has 2 rings (SSSR count). The van der Waals surface area contributed by atoms with Gasteiger partial charge < -0.3 is 14.9 Å². The van der Waals surface area contributed by atoms with Gasteiger partial charge in [-0.2, -0.15) is 0 Å². The Balaban J connectivity index is 1.82. The molecule has 1 fully saturated rings. The van der Waals surface area contributed by atoms with E-state index >= 15 is 0 Å². The molecule has 0 saturated carbocycles. The van der Waals surface area contributed by atoms with Gasteiger partial charge >= 0.3 is 0 Å². The fourth-order valence-corrected chi connectivity index (χ4v) is 2.61. The van der Waals surface area contributed by atoms with Crippen molar-refractivity contribution in [3.8, 4) is 11.5 Å². The summed E-state index contributed by atoms with van der Waals surface area (Å²) in [5, 5.41) is 19.0. The zero-order chi connectivity index (χ0) is 13.0. The minimum atomic E-state index is -0.0908. The first-order valence-corrected chi connectivity index (χ1v) is 6.96. The molecule has 4 nitrogen and oxygen atoms in total. The lowest BCUT2D eigenvalue weighted by molar-refractivity contribution is 0.0374. The van der Waals surface area contributed by atoms with E-state index in [1.165, 1.54) is 0 Å². The molecule has 1 aromatic carbocycles. The van der Waals surface area contributed by atoms with Crippen LogP contribution in [-0.2, 0) is 11.2 Å². The fraction of sp³-hybridized carbons (Fsp3) is 0.538. The minimum absolute atomic E-state index is 0.0641. The number of rotatable bonds is 4. The smallest absolute Gasteiger partial charge is 0.171 e. The Morgan fingerprint density at radius 3 is 2.61 bits per heavy atom. The first kappa shape index (κ1) is 13.6. The van der Waals surface area contributed by atoms with Gasteiger partial charge in [-0.25, -0.2) is 0 Å². The number of benzene rings is 1. The Kier molecular flexibility index (Phi) is 4.86. The van der Waals surface area contributed by atoms with Crippen LogP contribution in [-0.4, -0.2) is 48.0 Å². The molecule has 0 unspecified atom stereocenters. The summed E-state index contributed by atoms with van der Waals surface area (Å²) >= 11 is 3.23. The Hall–Kier alpha value is -0.780. The molecular weight excluding hydrogens is 298 g/mol. The number of halogens is 1. The van der Waals surface area contributed by atoms with Crippen LogP contribution in [0.1, 0.15) is 12.0 Å². The van der Waals surface area contributed by atoms with E-state index in [4.69, 9.17) is 4.74 Å². The number of aryl methyl sites for hydroxylation is 1. The Labute approximate surface area is 115 Å². The van der Waals surface area contributed by atoms with Crippen LogP contribution >= 0.6 is 15.9 Å². The van der Waals surface area contributed by atoms with Gasteiger partial charge in [-0.05, 0) is 53.0 Å². The predicted octanol–water partition coefficient (Wildman–Crippen LogP) is 2.13. The summed E-state index contributed by atoms with van der Waals surface area (Å²) in [4.78, 5) is 2.39. The maximum absolute atomic E-state index is 9.52. The third-order valence-electron chi connectivity index (χ3n) is 3.15. The van der Waals surface area contributed by atoms with E-state index in [0.717, 1.165) is 51.3 Å². The van der Waals surface area contributed by atoms with E-state index in [0.29, 0.717) is 4.47 Å². The SMILES string of the molecule is Oc1cc(CCCN2CCOCC2)cc(Br)c1O. The molecule has 100 valence electrons.